The number of benzene rings is 2. The first-order chi connectivity index (χ1) is 16.1. The van der Waals surface area contributed by atoms with Crippen LogP contribution in [0.1, 0.15) is 32.4 Å². The lowest BCUT2D eigenvalue weighted by molar-refractivity contribution is -0.121. The number of aromatic nitrogens is 3. The van der Waals surface area contributed by atoms with Gasteiger partial charge in [-0.1, -0.05) is 35.3 Å². The summed E-state index contributed by atoms with van der Waals surface area (Å²) >= 11 is 12.5. The molecular weight excluding hydrogens is 479 g/mol. The van der Waals surface area contributed by atoms with Crippen LogP contribution in [0.4, 0.5) is 0 Å². The number of carbonyl (C=O) groups excluding carboxylic acids is 3. The highest BCUT2D eigenvalue weighted by Gasteiger charge is 2.24. The molecule has 0 spiro atoms. The highest BCUT2D eigenvalue weighted by Crippen LogP contribution is 2.26. The van der Waals surface area contributed by atoms with Crippen molar-refractivity contribution in [3.05, 3.63) is 75.3 Å². The molecule has 1 heterocycles. The molecule has 0 unspecified atom stereocenters. The van der Waals surface area contributed by atoms with Gasteiger partial charge in [0.25, 0.3) is 5.91 Å². The molecular formula is C23H24Cl2N6O3. The van der Waals surface area contributed by atoms with Crippen molar-refractivity contribution in [1.29, 1.82) is 0 Å². The molecule has 11 heteroatoms. The van der Waals surface area contributed by atoms with Gasteiger partial charge in [-0.05, 0) is 44.4 Å². The molecule has 0 aliphatic carbocycles. The van der Waals surface area contributed by atoms with Crippen LogP contribution in [-0.2, 0) is 11.3 Å². The topological polar surface area (TPSA) is 100 Å². The summed E-state index contributed by atoms with van der Waals surface area (Å²) < 4.78 is 1.37. The minimum atomic E-state index is -0.424. The Morgan fingerprint density at radius 3 is 2.35 bits per heavy atom. The predicted octanol–water partition coefficient (Wildman–Crippen LogP) is 2.68. The van der Waals surface area contributed by atoms with E-state index >= 15 is 0 Å². The average Bonchev–Trinajstić information content (AvgIpc) is 3.20. The van der Waals surface area contributed by atoms with Crippen LogP contribution in [0.2, 0.25) is 10.0 Å². The standard InChI is InChI=1S/C23H24Cl2N6O3/c1-29(2)13-20(32)26-12-19-27-22(23(34)30(3)4)28-31(19)18-10-9-14(24)11-16(18)21(33)15-7-5-6-8-17(15)25/h5-11H,12-13H2,1-4H3,(H,26,32). The number of nitrogens with zero attached hydrogens (tertiary/aromatic N) is 5. The van der Waals surface area contributed by atoms with Gasteiger partial charge in [-0.25, -0.2) is 9.67 Å². The van der Waals surface area contributed by atoms with Crippen molar-refractivity contribution in [2.24, 2.45) is 0 Å². The van der Waals surface area contributed by atoms with Gasteiger partial charge in [0, 0.05) is 30.2 Å². The van der Waals surface area contributed by atoms with E-state index in [0.29, 0.717) is 16.3 Å². The maximum absolute atomic E-state index is 13.4. The van der Waals surface area contributed by atoms with Crippen LogP contribution in [-0.4, -0.2) is 76.9 Å². The summed E-state index contributed by atoms with van der Waals surface area (Å²) in [5, 5.41) is 7.74. The molecule has 0 aliphatic heterocycles. The Morgan fingerprint density at radius 2 is 1.71 bits per heavy atom. The van der Waals surface area contributed by atoms with Gasteiger partial charge in [0.05, 0.1) is 23.8 Å². The number of carbonyl (C=O) groups is 3. The van der Waals surface area contributed by atoms with Gasteiger partial charge in [-0.2, -0.15) is 0 Å². The maximum Gasteiger partial charge on any atom is 0.293 e. The summed E-state index contributed by atoms with van der Waals surface area (Å²) in [7, 11) is 6.71. The Morgan fingerprint density at radius 1 is 1.00 bits per heavy atom. The molecule has 0 saturated heterocycles. The van der Waals surface area contributed by atoms with E-state index in [1.165, 1.54) is 15.6 Å². The third-order valence-electron chi connectivity index (χ3n) is 4.73. The van der Waals surface area contributed by atoms with Crippen LogP contribution >= 0.6 is 23.2 Å². The molecule has 1 aromatic heterocycles. The van der Waals surface area contributed by atoms with E-state index in [-0.39, 0.29) is 47.0 Å². The summed E-state index contributed by atoms with van der Waals surface area (Å²) in [5.74, 6) is -0.835. The van der Waals surface area contributed by atoms with Crippen molar-refractivity contribution in [2.45, 2.75) is 6.54 Å². The van der Waals surface area contributed by atoms with Crippen LogP contribution in [0.15, 0.2) is 42.5 Å². The first-order valence-electron chi connectivity index (χ1n) is 10.3. The third kappa shape index (κ3) is 5.80. The number of ketones is 1. The van der Waals surface area contributed by atoms with Crippen molar-refractivity contribution in [1.82, 2.24) is 29.9 Å². The summed E-state index contributed by atoms with van der Waals surface area (Å²) in [6.07, 6.45) is 0. The largest absolute Gasteiger partial charge is 0.348 e. The van der Waals surface area contributed by atoms with Crippen LogP contribution in [0.25, 0.3) is 5.69 Å². The summed E-state index contributed by atoms with van der Waals surface area (Å²) in [6, 6.07) is 11.4. The Bertz CT molecular complexity index is 1240. The Kier molecular flexibility index (Phi) is 8.03. The zero-order valence-electron chi connectivity index (χ0n) is 19.2. The van der Waals surface area contributed by atoms with Gasteiger partial charge in [0.2, 0.25) is 11.7 Å². The van der Waals surface area contributed by atoms with Crippen molar-refractivity contribution in [2.75, 3.05) is 34.7 Å². The van der Waals surface area contributed by atoms with Gasteiger partial charge < -0.3 is 15.1 Å². The monoisotopic (exact) mass is 502 g/mol. The van der Waals surface area contributed by atoms with Crippen molar-refractivity contribution in [3.8, 4) is 5.69 Å². The average molecular weight is 503 g/mol. The van der Waals surface area contributed by atoms with Gasteiger partial charge in [-0.3, -0.25) is 14.4 Å². The van der Waals surface area contributed by atoms with E-state index in [0.717, 1.165) is 0 Å². The molecule has 0 aliphatic rings. The summed E-state index contributed by atoms with van der Waals surface area (Å²) in [4.78, 5) is 45.5. The molecule has 2 aromatic carbocycles. The Balaban J connectivity index is 2.10. The number of halogens is 2. The Labute approximate surface area is 207 Å². The summed E-state index contributed by atoms with van der Waals surface area (Å²) in [6.45, 7) is 0.164. The van der Waals surface area contributed by atoms with Crippen LogP contribution in [0.3, 0.4) is 0 Å². The first-order valence-corrected chi connectivity index (χ1v) is 11.0. The number of hydrogen-bond acceptors (Lipinski definition) is 6. The van der Waals surface area contributed by atoms with E-state index in [4.69, 9.17) is 23.2 Å². The molecule has 1 N–H and O–H groups in total. The highest BCUT2D eigenvalue weighted by molar-refractivity contribution is 6.35. The third-order valence-corrected chi connectivity index (χ3v) is 5.29. The van der Waals surface area contributed by atoms with Gasteiger partial charge >= 0.3 is 0 Å². The Hall–Kier alpha value is -3.27. The first kappa shape index (κ1) is 25.4. The van der Waals surface area contributed by atoms with Crippen LogP contribution in [0, 0.1) is 0 Å². The minimum Gasteiger partial charge on any atom is -0.348 e. The lowest BCUT2D eigenvalue weighted by atomic mass is 10.0. The molecule has 9 nitrogen and oxygen atoms in total. The number of amides is 2. The van der Waals surface area contributed by atoms with Crippen molar-refractivity contribution in [3.63, 3.8) is 0 Å². The van der Waals surface area contributed by atoms with E-state index in [1.807, 2.05) is 0 Å². The molecule has 0 fully saturated rings. The molecule has 178 valence electrons. The second-order valence-electron chi connectivity index (χ2n) is 7.95. The lowest BCUT2D eigenvalue weighted by Gasteiger charge is -2.13. The van der Waals surface area contributed by atoms with Gasteiger partial charge in [-0.15, -0.1) is 5.10 Å². The van der Waals surface area contributed by atoms with Crippen molar-refractivity contribution >= 4 is 40.8 Å². The number of rotatable bonds is 8. The number of hydrogen-bond donors (Lipinski definition) is 1. The van der Waals surface area contributed by atoms with Crippen LogP contribution in [0.5, 0.6) is 0 Å². The normalized spacial score (nSPS) is 10.9. The van der Waals surface area contributed by atoms with E-state index in [2.05, 4.69) is 15.4 Å². The van der Waals surface area contributed by atoms with Gasteiger partial charge in [0.1, 0.15) is 0 Å². The minimum absolute atomic E-state index is 0.0112. The number of likely N-dealkylation sites (N-methyl/N-ethyl adjacent to an activating group) is 1. The van der Waals surface area contributed by atoms with E-state index in [1.54, 1.807) is 69.5 Å². The second kappa shape index (κ2) is 10.8. The molecule has 0 radical (unpaired) electrons. The highest BCUT2D eigenvalue weighted by atomic mass is 35.5. The molecule has 0 saturated carbocycles. The molecule has 3 rings (SSSR count). The molecule has 0 bridgehead atoms. The van der Waals surface area contributed by atoms with Gasteiger partial charge in [0.15, 0.2) is 11.6 Å². The molecule has 3 aromatic rings. The smallest absolute Gasteiger partial charge is 0.293 e. The molecule has 2 amide bonds. The fourth-order valence-corrected chi connectivity index (χ4v) is 3.52. The molecule has 0 atom stereocenters. The SMILES string of the molecule is CN(C)CC(=O)NCc1nc(C(=O)N(C)C)nn1-c1ccc(Cl)cc1C(=O)c1ccccc1Cl. The second-order valence-corrected chi connectivity index (χ2v) is 8.79. The maximum atomic E-state index is 13.4. The van der Waals surface area contributed by atoms with Crippen molar-refractivity contribution < 1.29 is 14.4 Å². The summed E-state index contributed by atoms with van der Waals surface area (Å²) in [5.41, 5.74) is 0.852. The zero-order valence-corrected chi connectivity index (χ0v) is 20.7. The number of nitrogens with one attached hydrogen (secondary N) is 1. The fraction of sp³-hybridized carbons (Fsp3) is 0.261. The fourth-order valence-electron chi connectivity index (χ4n) is 3.13. The van der Waals surface area contributed by atoms with E-state index < -0.39 is 5.91 Å². The zero-order chi connectivity index (χ0) is 25.0. The van der Waals surface area contributed by atoms with Crippen LogP contribution < -0.4 is 5.32 Å². The van der Waals surface area contributed by atoms with E-state index in [9.17, 15) is 14.4 Å². The predicted molar refractivity (Wildman–Crippen MR) is 130 cm³/mol. The molecule has 34 heavy (non-hydrogen) atoms. The quantitative estimate of drug-likeness (QED) is 0.475. The lowest BCUT2D eigenvalue weighted by Crippen LogP contribution is -2.33.